The Morgan fingerprint density at radius 1 is 1.64 bits per heavy atom. The highest BCUT2D eigenvalue weighted by atomic mass is 35.5. The number of alkyl halides is 2. The Morgan fingerprint density at radius 2 is 2.18 bits per heavy atom. The standard InChI is InChI=1S/C7H10Cl2O2/c1-3-11-5(2)4-6(10)7(8)9/h4,7H,3H2,1-2H3/b5-4+. The molecule has 0 aliphatic heterocycles. The fourth-order valence-corrected chi connectivity index (χ4v) is 0.659. The molecule has 2 nitrogen and oxygen atoms in total. The van der Waals surface area contributed by atoms with E-state index in [2.05, 4.69) is 0 Å². The van der Waals surface area contributed by atoms with Gasteiger partial charge in [0.25, 0.3) is 0 Å². The second-order valence-electron chi connectivity index (χ2n) is 1.89. The summed E-state index contributed by atoms with van der Waals surface area (Å²) in [5, 5.41) is 0. The Morgan fingerprint density at radius 3 is 2.55 bits per heavy atom. The van der Waals surface area contributed by atoms with E-state index in [1.807, 2.05) is 6.92 Å². The first-order valence-corrected chi connectivity index (χ1v) is 4.08. The maximum absolute atomic E-state index is 10.8. The number of ketones is 1. The molecule has 0 aromatic heterocycles. The van der Waals surface area contributed by atoms with Gasteiger partial charge in [0.05, 0.1) is 12.4 Å². The van der Waals surface area contributed by atoms with Crippen LogP contribution >= 0.6 is 23.2 Å². The molecule has 0 rings (SSSR count). The number of halogens is 2. The predicted octanol–water partition coefficient (Wildman–Crippen LogP) is 2.30. The minimum absolute atomic E-state index is 0.348. The SMILES string of the molecule is CCO/C(C)=C/C(=O)C(Cl)Cl. The summed E-state index contributed by atoms with van der Waals surface area (Å²) in [6.45, 7) is 4.04. The average molecular weight is 197 g/mol. The summed E-state index contributed by atoms with van der Waals surface area (Å²) >= 11 is 10.6. The van der Waals surface area contributed by atoms with Crippen LogP contribution in [0.2, 0.25) is 0 Å². The lowest BCUT2D eigenvalue weighted by atomic mass is 10.4. The molecule has 64 valence electrons. The largest absolute Gasteiger partial charge is 0.498 e. The number of ether oxygens (including phenoxy) is 1. The van der Waals surface area contributed by atoms with Gasteiger partial charge in [-0.15, -0.1) is 0 Å². The summed E-state index contributed by atoms with van der Waals surface area (Å²) in [6.07, 6.45) is 1.29. The minimum Gasteiger partial charge on any atom is -0.498 e. The van der Waals surface area contributed by atoms with Gasteiger partial charge < -0.3 is 4.74 Å². The van der Waals surface area contributed by atoms with Crippen LogP contribution in [-0.2, 0) is 9.53 Å². The van der Waals surface area contributed by atoms with Crippen LogP contribution in [0, 0.1) is 0 Å². The maximum Gasteiger partial charge on any atom is 0.191 e. The van der Waals surface area contributed by atoms with E-state index < -0.39 is 4.84 Å². The van der Waals surface area contributed by atoms with Crippen molar-refractivity contribution < 1.29 is 9.53 Å². The van der Waals surface area contributed by atoms with E-state index in [1.54, 1.807) is 6.92 Å². The van der Waals surface area contributed by atoms with Crippen molar-refractivity contribution in [3.63, 3.8) is 0 Å². The third-order valence-electron chi connectivity index (χ3n) is 0.933. The van der Waals surface area contributed by atoms with Gasteiger partial charge in [0.2, 0.25) is 0 Å². The van der Waals surface area contributed by atoms with E-state index in [1.165, 1.54) is 6.08 Å². The van der Waals surface area contributed by atoms with Gasteiger partial charge in [-0.2, -0.15) is 0 Å². The Balaban J connectivity index is 3.97. The van der Waals surface area contributed by atoms with Crippen LogP contribution in [0.3, 0.4) is 0 Å². The Labute approximate surface area is 76.1 Å². The molecule has 0 saturated heterocycles. The van der Waals surface area contributed by atoms with Crippen molar-refractivity contribution in [2.24, 2.45) is 0 Å². The molecular weight excluding hydrogens is 187 g/mol. The summed E-state index contributed by atoms with van der Waals surface area (Å²) in [7, 11) is 0. The van der Waals surface area contributed by atoms with Crippen LogP contribution < -0.4 is 0 Å². The van der Waals surface area contributed by atoms with Crippen molar-refractivity contribution in [3.8, 4) is 0 Å². The molecule has 0 aliphatic rings. The Bertz CT molecular complexity index is 164. The smallest absolute Gasteiger partial charge is 0.191 e. The fraction of sp³-hybridized carbons (Fsp3) is 0.571. The second kappa shape index (κ2) is 5.44. The minimum atomic E-state index is -0.995. The fourth-order valence-electron chi connectivity index (χ4n) is 0.533. The number of hydrogen-bond donors (Lipinski definition) is 0. The van der Waals surface area contributed by atoms with Crippen LogP contribution in [-0.4, -0.2) is 17.2 Å². The van der Waals surface area contributed by atoms with E-state index >= 15 is 0 Å². The van der Waals surface area contributed by atoms with Crippen molar-refractivity contribution >= 4 is 29.0 Å². The third-order valence-corrected chi connectivity index (χ3v) is 1.36. The van der Waals surface area contributed by atoms with Gasteiger partial charge in [0.15, 0.2) is 10.6 Å². The molecule has 0 aromatic carbocycles. The summed E-state index contributed by atoms with van der Waals surface area (Å²) in [5.74, 6) is 0.183. The number of hydrogen-bond acceptors (Lipinski definition) is 2. The lowest BCUT2D eigenvalue weighted by molar-refractivity contribution is -0.113. The first kappa shape index (κ1) is 10.8. The topological polar surface area (TPSA) is 26.3 Å². The van der Waals surface area contributed by atoms with Crippen LogP contribution in [0.4, 0.5) is 0 Å². The Hall–Kier alpha value is -0.210. The summed E-state index contributed by atoms with van der Waals surface area (Å²) in [5.41, 5.74) is 0. The molecule has 0 aromatic rings. The van der Waals surface area contributed by atoms with Crippen molar-refractivity contribution in [1.29, 1.82) is 0 Å². The van der Waals surface area contributed by atoms with Gasteiger partial charge in [-0.05, 0) is 13.8 Å². The highest BCUT2D eigenvalue weighted by Gasteiger charge is 2.08. The Kier molecular flexibility index (Phi) is 5.34. The number of carbonyl (C=O) groups is 1. The molecule has 0 amide bonds. The molecule has 0 spiro atoms. The second-order valence-corrected chi connectivity index (χ2v) is 2.99. The third kappa shape index (κ3) is 5.10. The molecule has 0 radical (unpaired) electrons. The lowest BCUT2D eigenvalue weighted by Gasteiger charge is -2.01. The molecule has 0 heterocycles. The zero-order chi connectivity index (χ0) is 8.85. The summed E-state index contributed by atoms with van der Waals surface area (Å²) < 4.78 is 4.99. The van der Waals surface area contributed by atoms with Gasteiger partial charge in [-0.25, -0.2) is 0 Å². The van der Waals surface area contributed by atoms with E-state index in [4.69, 9.17) is 27.9 Å². The zero-order valence-corrected chi connectivity index (χ0v) is 7.95. The van der Waals surface area contributed by atoms with Gasteiger partial charge in [0.1, 0.15) is 0 Å². The molecule has 0 bridgehead atoms. The number of carbonyl (C=O) groups excluding carboxylic acids is 1. The average Bonchev–Trinajstić information content (AvgIpc) is 1.87. The van der Waals surface area contributed by atoms with Gasteiger partial charge in [-0.1, -0.05) is 23.2 Å². The van der Waals surface area contributed by atoms with E-state index in [0.29, 0.717) is 12.4 Å². The molecule has 0 unspecified atom stereocenters. The van der Waals surface area contributed by atoms with Crippen LogP contribution in [0.25, 0.3) is 0 Å². The van der Waals surface area contributed by atoms with Crippen LogP contribution in [0.5, 0.6) is 0 Å². The van der Waals surface area contributed by atoms with Gasteiger partial charge in [0, 0.05) is 6.08 Å². The molecule has 11 heavy (non-hydrogen) atoms. The highest BCUT2D eigenvalue weighted by molar-refractivity contribution is 6.54. The van der Waals surface area contributed by atoms with E-state index in [0.717, 1.165) is 0 Å². The van der Waals surface area contributed by atoms with Gasteiger partial charge in [-0.3, -0.25) is 4.79 Å². The quantitative estimate of drug-likeness (QED) is 0.392. The molecule has 0 atom stereocenters. The first-order chi connectivity index (χ1) is 5.07. The summed E-state index contributed by atoms with van der Waals surface area (Å²) in [4.78, 5) is 9.81. The highest BCUT2D eigenvalue weighted by Crippen LogP contribution is 2.06. The normalized spacial score (nSPS) is 11.9. The monoisotopic (exact) mass is 196 g/mol. The first-order valence-electron chi connectivity index (χ1n) is 3.21. The van der Waals surface area contributed by atoms with E-state index in [9.17, 15) is 4.79 Å². The van der Waals surface area contributed by atoms with Crippen molar-refractivity contribution in [1.82, 2.24) is 0 Å². The predicted molar refractivity (Wildman–Crippen MR) is 45.9 cm³/mol. The van der Waals surface area contributed by atoms with Crippen molar-refractivity contribution in [2.75, 3.05) is 6.61 Å². The van der Waals surface area contributed by atoms with Crippen molar-refractivity contribution in [3.05, 3.63) is 11.8 Å². The van der Waals surface area contributed by atoms with Gasteiger partial charge >= 0.3 is 0 Å². The molecule has 0 fully saturated rings. The molecule has 0 aliphatic carbocycles. The van der Waals surface area contributed by atoms with E-state index in [-0.39, 0.29) is 5.78 Å². The molecule has 0 saturated carbocycles. The molecule has 0 N–H and O–H groups in total. The molecular formula is C7H10Cl2O2. The zero-order valence-electron chi connectivity index (χ0n) is 6.43. The maximum atomic E-state index is 10.8. The lowest BCUT2D eigenvalue weighted by Crippen LogP contribution is -2.04. The molecule has 4 heteroatoms. The van der Waals surface area contributed by atoms with Crippen LogP contribution in [0.1, 0.15) is 13.8 Å². The number of allylic oxidation sites excluding steroid dienone is 2. The van der Waals surface area contributed by atoms with Crippen molar-refractivity contribution in [2.45, 2.75) is 18.7 Å². The number of rotatable bonds is 4. The summed E-state index contributed by atoms with van der Waals surface area (Å²) in [6, 6.07) is 0. The van der Waals surface area contributed by atoms with Crippen LogP contribution in [0.15, 0.2) is 11.8 Å².